The van der Waals surface area contributed by atoms with E-state index in [1.165, 1.54) is 15.9 Å². The number of aliphatic hydroxyl groups excluding tert-OH is 2. The molecule has 4 saturated heterocycles. The zero-order valence-corrected chi connectivity index (χ0v) is 26.9. The summed E-state index contributed by atoms with van der Waals surface area (Å²) in [5.41, 5.74) is -0.118. The van der Waals surface area contributed by atoms with Gasteiger partial charge in [0, 0.05) is 25.9 Å². The summed E-state index contributed by atoms with van der Waals surface area (Å²) in [6.07, 6.45) is 7.48. The second kappa shape index (κ2) is 11.8. The fraction of sp³-hybridized carbons (Fsp3) is 0.667. The molecule has 11 nitrogen and oxygen atoms in total. The molecule has 0 aliphatic carbocycles. The number of carbonyl (C=O) groups is 3. The van der Waals surface area contributed by atoms with E-state index in [9.17, 15) is 24.6 Å². The highest BCUT2D eigenvalue weighted by atomic mass is 16.8. The molecule has 1 spiro atoms. The average Bonchev–Trinajstić information content (AvgIpc) is 3.71. The lowest BCUT2D eigenvalue weighted by Gasteiger charge is -2.51. The van der Waals surface area contributed by atoms with Crippen molar-refractivity contribution in [3.63, 3.8) is 0 Å². The van der Waals surface area contributed by atoms with Gasteiger partial charge < -0.3 is 39.0 Å². The fourth-order valence-corrected chi connectivity index (χ4v) is 7.00. The lowest BCUT2D eigenvalue weighted by Crippen LogP contribution is -2.61. The molecule has 5 aliphatic rings. The number of amides is 2. The Bertz CT molecular complexity index is 1310. The summed E-state index contributed by atoms with van der Waals surface area (Å²) in [5, 5.41) is 21.2. The van der Waals surface area contributed by atoms with Crippen molar-refractivity contribution in [2.45, 2.75) is 102 Å². The van der Waals surface area contributed by atoms with E-state index in [-0.39, 0.29) is 35.5 Å². The van der Waals surface area contributed by atoms with Crippen LogP contribution in [0.25, 0.3) is 0 Å². The van der Waals surface area contributed by atoms with E-state index in [2.05, 4.69) is 26.0 Å². The van der Waals surface area contributed by atoms with Crippen LogP contribution in [0.4, 0.5) is 0 Å². The van der Waals surface area contributed by atoms with Crippen molar-refractivity contribution in [3.05, 3.63) is 47.3 Å². The Morgan fingerprint density at radius 1 is 1.16 bits per heavy atom. The van der Waals surface area contributed by atoms with E-state index in [1.54, 1.807) is 34.0 Å². The van der Waals surface area contributed by atoms with Gasteiger partial charge in [-0.3, -0.25) is 14.4 Å². The summed E-state index contributed by atoms with van der Waals surface area (Å²) in [7, 11) is 3.17. The first-order valence-corrected chi connectivity index (χ1v) is 15.5. The van der Waals surface area contributed by atoms with Crippen LogP contribution in [0.1, 0.15) is 54.4 Å². The van der Waals surface area contributed by atoms with E-state index in [1.807, 2.05) is 19.9 Å². The van der Waals surface area contributed by atoms with Gasteiger partial charge >= 0.3 is 0 Å². The van der Waals surface area contributed by atoms with E-state index >= 15 is 0 Å². The van der Waals surface area contributed by atoms with E-state index in [0.29, 0.717) is 19.4 Å². The lowest BCUT2D eigenvalue weighted by molar-refractivity contribution is -0.346. The second-order valence-electron chi connectivity index (χ2n) is 13.4. The average molecular weight is 615 g/mol. The van der Waals surface area contributed by atoms with Crippen LogP contribution in [-0.4, -0.2) is 106 Å². The predicted molar refractivity (Wildman–Crippen MR) is 160 cm³/mol. The topological polar surface area (TPSA) is 138 Å². The number of nitrogens with zero attached hydrogens (tertiary/aromatic N) is 2. The monoisotopic (exact) mass is 614 g/mol. The number of allylic oxidation sites excluding steroid dienone is 3. The van der Waals surface area contributed by atoms with Crippen LogP contribution >= 0.6 is 0 Å². The Hall–Kier alpha value is -2.83. The zero-order valence-electron chi connectivity index (χ0n) is 26.9. The molecule has 0 aromatic rings. The zero-order chi connectivity index (χ0) is 32.3. The number of rotatable bonds is 7. The molecule has 4 fully saturated rings. The van der Waals surface area contributed by atoms with Crippen LogP contribution in [0.15, 0.2) is 47.3 Å². The third-order valence-corrected chi connectivity index (χ3v) is 9.84. The number of likely N-dealkylation sites (tertiary alicyclic amines) is 1. The minimum Gasteiger partial charge on any atom is -0.507 e. The first-order chi connectivity index (χ1) is 20.6. The number of ketones is 1. The van der Waals surface area contributed by atoms with Gasteiger partial charge in [-0.1, -0.05) is 44.6 Å². The maximum atomic E-state index is 13.7. The Labute approximate surface area is 259 Å². The number of hydrogen-bond donors (Lipinski definition) is 2. The Morgan fingerprint density at radius 3 is 2.45 bits per heavy atom. The van der Waals surface area contributed by atoms with E-state index in [4.69, 9.17) is 18.9 Å². The Kier molecular flexibility index (Phi) is 8.76. The molecule has 0 aromatic carbocycles. The SMILES string of the molecule is CC(/C=C/C(O)=C1/C(=O)[C@H]([C@H](C)C(=O)N(C)C)N([C@@H]2CC[C@H](O)[C@H](C)O2)C1=O)=C\[C@@H](C)[C@H]1O[C@@]2(C)O[C@H](C=C[C@@]23CO3)[C@@H]1C. The third kappa shape index (κ3) is 5.58. The molecule has 44 heavy (non-hydrogen) atoms. The van der Waals surface area contributed by atoms with E-state index < -0.39 is 59.2 Å². The van der Waals surface area contributed by atoms with Gasteiger partial charge in [0.15, 0.2) is 11.4 Å². The summed E-state index contributed by atoms with van der Waals surface area (Å²) < 4.78 is 24.4. The van der Waals surface area contributed by atoms with Crippen LogP contribution in [0.3, 0.4) is 0 Å². The molecular formula is C33H46N2O9. The second-order valence-corrected chi connectivity index (χ2v) is 13.4. The molecule has 0 radical (unpaired) electrons. The van der Waals surface area contributed by atoms with Crippen LogP contribution < -0.4 is 0 Å². The highest BCUT2D eigenvalue weighted by Crippen LogP contribution is 2.52. The first-order valence-electron chi connectivity index (χ1n) is 15.5. The summed E-state index contributed by atoms with van der Waals surface area (Å²) >= 11 is 0. The van der Waals surface area contributed by atoms with Crippen molar-refractivity contribution in [2.75, 3.05) is 20.7 Å². The molecule has 5 aliphatic heterocycles. The lowest BCUT2D eigenvalue weighted by atomic mass is 9.82. The molecule has 11 heteroatoms. The molecule has 2 amide bonds. The van der Waals surface area contributed by atoms with Gasteiger partial charge in [0.1, 0.15) is 23.6 Å². The molecule has 0 saturated carbocycles. The molecule has 0 unspecified atom stereocenters. The number of Topliss-reactive ketones (excluding diaryl/α,β-unsaturated/α-hetero) is 1. The predicted octanol–water partition coefficient (Wildman–Crippen LogP) is 2.80. The maximum absolute atomic E-state index is 13.7. The number of aliphatic hydroxyl groups is 2. The van der Waals surface area contributed by atoms with Crippen molar-refractivity contribution < 1.29 is 43.5 Å². The minimum absolute atomic E-state index is 0.0224. The number of hydrogen-bond acceptors (Lipinski definition) is 9. The quantitative estimate of drug-likeness (QED) is 0.111. The van der Waals surface area contributed by atoms with Gasteiger partial charge in [0.05, 0.1) is 36.9 Å². The Balaban J connectivity index is 1.37. The summed E-state index contributed by atoms with van der Waals surface area (Å²) in [5.74, 6) is -3.81. The summed E-state index contributed by atoms with van der Waals surface area (Å²) in [6, 6.07) is -1.15. The Morgan fingerprint density at radius 2 is 1.84 bits per heavy atom. The van der Waals surface area contributed by atoms with Crippen molar-refractivity contribution in [3.8, 4) is 0 Å². The highest BCUT2D eigenvalue weighted by molar-refractivity contribution is 6.27. The molecule has 5 heterocycles. The molecule has 11 atom stereocenters. The van der Waals surface area contributed by atoms with Crippen molar-refractivity contribution in [1.82, 2.24) is 9.80 Å². The van der Waals surface area contributed by atoms with Gasteiger partial charge in [-0.15, -0.1) is 0 Å². The third-order valence-electron chi connectivity index (χ3n) is 9.84. The number of fused-ring (bicyclic) bond motifs is 3. The molecule has 242 valence electrons. The number of epoxide rings is 1. The molecule has 2 bridgehead atoms. The van der Waals surface area contributed by atoms with Crippen molar-refractivity contribution in [1.29, 1.82) is 0 Å². The van der Waals surface area contributed by atoms with Crippen LogP contribution in [0.2, 0.25) is 0 Å². The van der Waals surface area contributed by atoms with Gasteiger partial charge in [0.2, 0.25) is 11.7 Å². The van der Waals surface area contributed by atoms with Gasteiger partial charge in [-0.2, -0.15) is 0 Å². The first kappa shape index (κ1) is 32.6. The van der Waals surface area contributed by atoms with Gasteiger partial charge in [-0.25, -0.2) is 0 Å². The molecular weight excluding hydrogens is 568 g/mol. The van der Waals surface area contributed by atoms with Crippen LogP contribution in [0, 0.1) is 17.8 Å². The van der Waals surface area contributed by atoms with E-state index in [0.717, 1.165) is 5.57 Å². The van der Waals surface area contributed by atoms with Crippen molar-refractivity contribution in [2.24, 2.45) is 17.8 Å². The van der Waals surface area contributed by atoms with Crippen LogP contribution in [-0.2, 0) is 33.3 Å². The minimum atomic E-state index is -1.15. The largest absolute Gasteiger partial charge is 0.507 e. The smallest absolute Gasteiger partial charge is 0.264 e. The molecule has 2 N–H and O–H groups in total. The van der Waals surface area contributed by atoms with Gasteiger partial charge in [-0.05, 0) is 45.8 Å². The maximum Gasteiger partial charge on any atom is 0.264 e. The fourth-order valence-electron chi connectivity index (χ4n) is 7.00. The summed E-state index contributed by atoms with van der Waals surface area (Å²) in [4.78, 5) is 43.0. The normalized spacial score (nSPS) is 41.3. The number of carbonyl (C=O) groups excluding carboxylic acids is 3. The number of ether oxygens (including phenoxy) is 4. The molecule has 0 aromatic heterocycles. The molecule has 5 rings (SSSR count). The summed E-state index contributed by atoms with van der Waals surface area (Å²) in [6.45, 7) is 11.8. The van der Waals surface area contributed by atoms with Crippen molar-refractivity contribution >= 4 is 17.6 Å². The highest BCUT2D eigenvalue weighted by Gasteiger charge is 2.66. The standard InChI is InChI=1S/C33H46N2O9/c1-17(15-18(2)29-19(3)24-13-14-33(16-41-33)32(6,43-24)44-29)9-10-23(37)26-28(38)27(20(4)30(39)34(7)8)35(31(26)40)25-12-11-22(36)21(5)42-25/h9-10,13-15,18-22,24-25,27,29,36-37H,11-12,16H2,1-8H3/b10-9+,17-15+,26-23+/t18-,19+,20+,21+,22+,24-,25+,27+,29-,32-,33-/m1/s1. The van der Waals surface area contributed by atoms with Crippen LogP contribution in [0.5, 0.6) is 0 Å². The van der Waals surface area contributed by atoms with Gasteiger partial charge in [0.25, 0.3) is 5.91 Å².